The number of fused-ring (bicyclic) bond motifs is 1. The number of anilines is 1. The predicted octanol–water partition coefficient (Wildman–Crippen LogP) is 1.98. The maximum atomic E-state index is 14.2. The highest BCUT2D eigenvalue weighted by atomic mass is 32.2. The summed E-state index contributed by atoms with van der Waals surface area (Å²) in [6.45, 7) is 1.00. The number of morpholine rings is 1. The van der Waals surface area contributed by atoms with Crippen LogP contribution >= 0.6 is 0 Å². The van der Waals surface area contributed by atoms with E-state index in [-0.39, 0.29) is 29.5 Å². The molecule has 1 aliphatic heterocycles. The average molecular weight is 404 g/mol. The molecule has 2 N–H and O–H groups in total. The van der Waals surface area contributed by atoms with Crippen molar-refractivity contribution < 1.29 is 22.3 Å². The lowest BCUT2D eigenvalue weighted by Crippen LogP contribution is -2.40. The van der Waals surface area contributed by atoms with Crippen LogP contribution in [0.2, 0.25) is 0 Å². The van der Waals surface area contributed by atoms with Gasteiger partial charge in [-0.3, -0.25) is 10.1 Å². The number of imidazole rings is 1. The molecule has 10 heteroatoms. The van der Waals surface area contributed by atoms with Crippen LogP contribution in [0.4, 0.5) is 10.3 Å². The molecule has 1 amide bonds. The fraction of sp³-hybridized carbons (Fsp3) is 0.222. The summed E-state index contributed by atoms with van der Waals surface area (Å²) >= 11 is 0. The van der Waals surface area contributed by atoms with Crippen molar-refractivity contribution in [1.29, 1.82) is 0 Å². The number of rotatable bonds is 4. The molecular formula is C18H17FN4O4S. The molecule has 1 saturated heterocycles. The van der Waals surface area contributed by atoms with Crippen molar-refractivity contribution in [2.24, 2.45) is 0 Å². The second-order valence-electron chi connectivity index (χ2n) is 6.21. The van der Waals surface area contributed by atoms with Gasteiger partial charge >= 0.3 is 0 Å². The molecule has 0 saturated carbocycles. The smallest absolute Gasteiger partial charge is 0.260 e. The third kappa shape index (κ3) is 3.49. The monoisotopic (exact) mass is 404 g/mol. The van der Waals surface area contributed by atoms with Gasteiger partial charge in [-0.25, -0.2) is 17.8 Å². The molecule has 3 aromatic rings. The first-order chi connectivity index (χ1) is 13.4. The normalized spacial score (nSPS) is 15.6. The molecule has 1 aromatic heterocycles. The van der Waals surface area contributed by atoms with Crippen molar-refractivity contribution in [2.45, 2.75) is 4.90 Å². The first-order valence-corrected chi connectivity index (χ1v) is 10.0. The second-order valence-corrected chi connectivity index (χ2v) is 8.15. The van der Waals surface area contributed by atoms with Gasteiger partial charge in [0.05, 0.1) is 34.7 Å². The summed E-state index contributed by atoms with van der Waals surface area (Å²) in [6, 6.07) is 10.3. The summed E-state index contributed by atoms with van der Waals surface area (Å²) in [5, 5.41) is 2.47. The van der Waals surface area contributed by atoms with E-state index in [1.54, 1.807) is 18.2 Å². The maximum absolute atomic E-state index is 14.2. The van der Waals surface area contributed by atoms with Crippen molar-refractivity contribution in [3.05, 3.63) is 53.8 Å². The molecule has 2 heterocycles. The minimum absolute atomic E-state index is 0.145. The number of hydrogen-bond donors (Lipinski definition) is 2. The molecule has 4 rings (SSSR count). The average Bonchev–Trinajstić information content (AvgIpc) is 3.11. The van der Waals surface area contributed by atoms with Crippen LogP contribution in [0.3, 0.4) is 0 Å². The molecule has 1 fully saturated rings. The summed E-state index contributed by atoms with van der Waals surface area (Å²) in [5.41, 5.74) is 0.971. The lowest BCUT2D eigenvalue weighted by molar-refractivity contribution is 0.0730. The van der Waals surface area contributed by atoms with Gasteiger partial charge in [-0.2, -0.15) is 4.31 Å². The molecule has 0 spiro atoms. The highest BCUT2D eigenvalue weighted by Crippen LogP contribution is 2.21. The zero-order valence-electron chi connectivity index (χ0n) is 14.7. The number of halogens is 1. The van der Waals surface area contributed by atoms with Crippen molar-refractivity contribution >= 4 is 32.9 Å². The number of nitrogens with one attached hydrogen (secondary N) is 2. The Kier molecular flexibility index (Phi) is 4.84. The van der Waals surface area contributed by atoms with E-state index in [0.29, 0.717) is 24.2 Å². The van der Waals surface area contributed by atoms with Gasteiger partial charge in [-0.15, -0.1) is 0 Å². The van der Waals surface area contributed by atoms with Crippen molar-refractivity contribution in [3.8, 4) is 0 Å². The topological polar surface area (TPSA) is 104 Å². The quantitative estimate of drug-likeness (QED) is 0.692. The summed E-state index contributed by atoms with van der Waals surface area (Å²) in [7, 11) is -3.84. The van der Waals surface area contributed by atoms with Crippen LogP contribution in [-0.2, 0) is 14.8 Å². The van der Waals surface area contributed by atoms with Crippen LogP contribution in [0, 0.1) is 5.82 Å². The first kappa shape index (κ1) is 18.5. The Morgan fingerprint density at radius 1 is 1.18 bits per heavy atom. The van der Waals surface area contributed by atoms with Gasteiger partial charge in [0, 0.05) is 13.1 Å². The van der Waals surface area contributed by atoms with E-state index in [1.165, 1.54) is 4.31 Å². The van der Waals surface area contributed by atoms with Crippen molar-refractivity contribution in [1.82, 2.24) is 14.3 Å². The Morgan fingerprint density at radius 2 is 1.93 bits per heavy atom. The van der Waals surface area contributed by atoms with Gasteiger partial charge in [0.15, 0.2) is 0 Å². The number of benzene rings is 2. The summed E-state index contributed by atoms with van der Waals surface area (Å²) < 4.78 is 46.1. The molecule has 0 bridgehead atoms. The SMILES string of the molecule is O=C(Nc1nc2ccccc2[nH]1)c1cc(S(=O)(=O)N2CCOCC2)ccc1F. The van der Waals surface area contributed by atoms with E-state index in [9.17, 15) is 17.6 Å². The molecule has 0 unspecified atom stereocenters. The molecule has 2 aromatic carbocycles. The lowest BCUT2D eigenvalue weighted by Gasteiger charge is -2.26. The van der Waals surface area contributed by atoms with Crippen LogP contribution < -0.4 is 5.32 Å². The molecule has 28 heavy (non-hydrogen) atoms. The van der Waals surface area contributed by atoms with Gasteiger partial charge in [0.2, 0.25) is 16.0 Å². The number of H-pyrrole nitrogens is 1. The highest BCUT2D eigenvalue weighted by molar-refractivity contribution is 7.89. The molecule has 0 radical (unpaired) electrons. The van der Waals surface area contributed by atoms with E-state index < -0.39 is 21.7 Å². The fourth-order valence-electron chi connectivity index (χ4n) is 2.96. The Morgan fingerprint density at radius 3 is 2.68 bits per heavy atom. The molecule has 1 aliphatic rings. The van der Waals surface area contributed by atoms with Crippen molar-refractivity contribution in [2.75, 3.05) is 31.6 Å². The summed E-state index contributed by atoms with van der Waals surface area (Å²) in [4.78, 5) is 19.5. The number of sulfonamides is 1. The summed E-state index contributed by atoms with van der Waals surface area (Å²) in [5.74, 6) is -1.47. The molecule has 8 nitrogen and oxygen atoms in total. The largest absolute Gasteiger partial charge is 0.379 e. The van der Waals surface area contributed by atoms with Crippen LogP contribution in [0.5, 0.6) is 0 Å². The number of aromatic nitrogens is 2. The number of ether oxygens (including phenoxy) is 1. The number of amides is 1. The number of carbonyl (C=O) groups is 1. The predicted molar refractivity (Wildman–Crippen MR) is 100 cm³/mol. The number of para-hydroxylation sites is 2. The van der Waals surface area contributed by atoms with Crippen LogP contribution in [0.1, 0.15) is 10.4 Å². The van der Waals surface area contributed by atoms with E-state index in [1.807, 2.05) is 6.07 Å². The Balaban J connectivity index is 1.62. The third-order valence-corrected chi connectivity index (χ3v) is 6.31. The van der Waals surface area contributed by atoms with Gasteiger partial charge in [-0.05, 0) is 30.3 Å². The van der Waals surface area contributed by atoms with E-state index in [2.05, 4.69) is 15.3 Å². The van der Waals surface area contributed by atoms with Gasteiger partial charge < -0.3 is 9.72 Å². The standard InChI is InChI=1S/C18H17FN4O4S/c19-14-6-5-12(28(25,26)23-7-9-27-10-8-23)11-13(14)17(24)22-18-20-15-3-1-2-4-16(15)21-18/h1-6,11H,7-10H2,(H2,20,21,22,24). The number of aromatic amines is 1. The number of nitrogens with zero attached hydrogens (tertiary/aromatic N) is 2. The van der Waals surface area contributed by atoms with Crippen LogP contribution in [0.15, 0.2) is 47.4 Å². The molecule has 146 valence electrons. The minimum atomic E-state index is -3.84. The van der Waals surface area contributed by atoms with Crippen LogP contribution in [-0.4, -0.2) is 54.9 Å². The van der Waals surface area contributed by atoms with Crippen molar-refractivity contribution in [3.63, 3.8) is 0 Å². The Hall–Kier alpha value is -2.82. The van der Waals surface area contributed by atoms with Gasteiger partial charge in [0.1, 0.15) is 5.82 Å². The third-order valence-electron chi connectivity index (χ3n) is 4.41. The fourth-order valence-corrected chi connectivity index (χ4v) is 4.40. The van der Waals surface area contributed by atoms with E-state index in [0.717, 1.165) is 18.2 Å². The first-order valence-electron chi connectivity index (χ1n) is 8.59. The highest BCUT2D eigenvalue weighted by Gasteiger charge is 2.28. The summed E-state index contributed by atoms with van der Waals surface area (Å²) in [6.07, 6.45) is 0. The molecule has 0 aliphatic carbocycles. The van der Waals surface area contributed by atoms with Crippen LogP contribution in [0.25, 0.3) is 11.0 Å². The molecule has 0 atom stereocenters. The minimum Gasteiger partial charge on any atom is -0.379 e. The zero-order chi connectivity index (χ0) is 19.7. The Labute approximate surface area is 160 Å². The number of carbonyl (C=O) groups excluding carboxylic acids is 1. The second kappa shape index (κ2) is 7.30. The number of hydrogen-bond acceptors (Lipinski definition) is 5. The zero-order valence-corrected chi connectivity index (χ0v) is 15.5. The van der Waals surface area contributed by atoms with Gasteiger partial charge in [0.25, 0.3) is 5.91 Å². The van der Waals surface area contributed by atoms with Gasteiger partial charge in [-0.1, -0.05) is 12.1 Å². The van der Waals surface area contributed by atoms with E-state index in [4.69, 9.17) is 4.74 Å². The Bertz CT molecular complexity index is 1110. The molecular weight excluding hydrogens is 387 g/mol. The maximum Gasteiger partial charge on any atom is 0.260 e. The lowest BCUT2D eigenvalue weighted by atomic mass is 10.2. The van der Waals surface area contributed by atoms with E-state index >= 15 is 0 Å².